The minimum atomic E-state index is -0.134. The highest BCUT2D eigenvalue weighted by molar-refractivity contribution is 6.32. The van der Waals surface area contributed by atoms with Crippen molar-refractivity contribution in [3.63, 3.8) is 0 Å². The second kappa shape index (κ2) is 10.6. The molecule has 1 unspecified atom stereocenters. The minimum Gasteiger partial charge on any atom is -0.489 e. The third-order valence-electron chi connectivity index (χ3n) is 5.73. The fourth-order valence-corrected chi connectivity index (χ4v) is 4.08. The highest BCUT2D eigenvalue weighted by Crippen LogP contribution is 2.34. The molecule has 1 saturated carbocycles. The number of nitrogens with two attached hydrogens (primary N) is 1. The van der Waals surface area contributed by atoms with Crippen molar-refractivity contribution in [3.05, 3.63) is 69.9 Å². The van der Waals surface area contributed by atoms with Gasteiger partial charge in [0.2, 0.25) is 0 Å². The summed E-state index contributed by atoms with van der Waals surface area (Å²) < 4.78 is 6.11. The largest absolute Gasteiger partial charge is 0.489 e. The number of ether oxygens (including phenoxy) is 1. The molecular weight excluding hydrogens is 398 g/mol. The Kier molecular flexibility index (Phi) is 7.88. The summed E-state index contributed by atoms with van der Waals surface area (Å²) in [6, 6.07) is 11.6. The number of H-pyrrole nitrogens is 1. The van der Waals surface area contributed by atoms with E-state index < -0.39 is 0 Å². The number of benzene rings is 1. The van der Waals surface area contributed by atoms with Crippen molar-refractivity contribution in [2.45, 2.75) is 58.1 Å². The molecule has 3 aromatic rings. The van der Waals surface area contributed by atoms with Crippen molar-refractivity contribution in [2.75, 3.05) is 0 Å². The fraction of sp³-hybridized carbons (Fsp3) is 0.417. The average molecular weight is 428 g/mol. The molecular formula is C24H30ClN3O2. The number of halogens is 1. The molecule has 160 valence electrons. The summed E-state index contributed by atoms with van der Waals surface area (Å²) in [5, 5.41) is 1.92. The lowest BCUT2D eigenvalue weighted by Gasteiger charge is -2.32. The zero-order valence-electron chi connectivity index (χ0n) is 17.6. The molecule has 1 atom stereocenters. The number of hydrogen-bond donors (Lipinski definition) is 2. The van der Waals surface area contributed by atoms with Crippen molar-refractivity contribution in [3.8, 4) is 5.75 Å². The third kappa shape index (κ3) is 5.83. The molecule has 0 amide bonds. The summed E-state index contributed by atoms with van der Waals surface area (Å²) in [6.07, 6.45) is 8.84. The molecule has 5 nitrogen and oxygen atoms in total. The fourth-order valence-electron chi connectivity index (χ4n) is 3.87. The summed E-state index contributed by atoms with van der Waals surface area (Å²) in [5.41, 5.74) is 7.09. The van der Waals surface area contributed by atoms with E-state index in [9.17, 15) is 4.79 Å². The maximum Gasteiger partial charge on any atom is 0.255 e. The van der Waals surface area contributed by atoms with Crippen LogP contribution in [0.3, 0.4) is 0 Å². The molecule has 0 saturated heterocycles. The predicted molar refractivity (Wildman–Crippen MR) is 123 cm³/mol. The standard InChI is InChI=1S/C18H23ClN2O2.C6H7N/c1-2-16(20)11-3-5-13(6-4-11)23-17-9-12-7-8-21-18(22)14(12)10-15(17)19;1-6-4-2-3-5-7-6/h7-11,13,16H,2-6,20H2,1H3,(H,21,22);2-5H,1H3. The molecule has 0 radical (unpaired) electrons. The second-order valence-corrected chi connectivity index (χ2v) is 8.28. The quantitative estimate of drug-likeness (QED) is 0.596. The number of aryl methyl sites for hydroxylation is 1. The van der Waals surface area contributed by atoms with Crippen LogP contribution in [-0.2, 0) is 0 Å². The van der Waals surface area contributed by atoms with Crippen LogP contribution in [0.2, 0.25) is 5.02 Å². The van der Waals surface area contributed by atoms with Gasteiger partial charge in [-0.05, 0) is 80.7 Å². The molecule has 4 rings (SSSR count). The van der Waals surface area contributed by atoms with Gasteiger partial charge in [-0.2, -0.15) is 0 Å². The first kappa shape index (κ1) is 22.3. The molecule has 1 aliphatic rings. The Morgan fingerprint density at radius 2 is 2.00 bits per heavy atom. The Morgan fingerprint density at radius 3 is 2.60 bits per heavy atom. The van der Waals surface area contributed by atoms with Crippen molar-refractivity contribution in [2.24, 2.45) is 11.7 Å². The van der Waals surface area contributed by atoms with Crippen molar-refractivity contribution in [1.29, 1.82) is 0 Å². The molecule has 3 N–H and O–H groups in total. The zero-order chi connectivity index (χ0) is 21.5. The average Bonchev–Trinajstić information content (AvgIpc) is 2.76. The molecule has 1 fully saturated rings. The van der Waals surface area contributed by atoms with Crippen LogP contribution in [0.15, 0.2) is 53.6 Å². The van der Waals surface area contributed by atoms with Crippen LogP contribution in [0.1, 0.15) is 44.7 Å². The number of pyridine rings is 2. The van der Waals surface area contributed by atoms with Crippen LogP contribution in [0.5, 0.6) is 5.75 Å². The van der Waals surface area contributed by atoms with Crippen LogP contribution in [-0.4, -0.2) is 22.1 Å². The number of aromatic nitrogens is 2. The highest BCUT2D eigenvalue weighted by atomic mass is 35.5. The van der Waals surface area contributed by atoms with Gasteiger partial charge in [0.15, 0.2) is 0 Å². The molecule has 2 aromatic heterocycles. The van der Waals surface area contributed by atoms with E-state index in [2.05, 4.69) is 16.9 Å². The van der Waals surface area contributed by atoms with Crippen molar-refractivity contribution in [1.82, 2.24) is 9.97 Å². The highest BCUT2D eigenvalue weighted by Gasteiger charge is 2.26. The van der Waals surface area contributed by atoms with Crippen LogP contribution >= 0.6 is 11.6 Å². The minimum absolute atomic E-state index is 0.134. The van der Waals surface area contributed by atoms with Crippen LogP contribution in [0, 0.1) is 12.8 Å². The van der Waals surface area contributed by atoms with Crippen LogP contribution in [0.25, 0.3) is 10.8 Å². The van der Waals surface area contributed by atoms with Gasteiger partial charge in [-0.25, -0.2) is 0 Å². The van der Waals surface area contributed by atoms with Crippen LogP contribution in [0.4, 0.5) is 0 Å². The number of rotatable bonds is 4. The maximum absolute atomic E-state index is 11.8. The summed E-state index contributed by atoms with van der Waals surface area (Å²) in [6.45, 7) is 4.11. The van der Waals surface area contributed by atoms with E-state index >= 15 is 0 Å². The first-order valence-corrected chi connectivity index (χ1v) is 11.0. The van der Waals surface area contributed by atoms with Gasteiger partial charge in [0, 0.05) is 29.5 Å². The zero-order valence-corrected chi connectivity index (χ0v) is 18.4. The summed E-state index contributed by atoms with van der Waals surface area (Å²) >= 11 is 6.30. The van der Waals surface area contributed by atoms with Gasteiger partial charge in [0.25, 0.3) is 5.56 Å². The predicted octanol–water partition coefficient (Wildman–Crippen LogP) is 5.25. The molecule has 1 aliphatic carbocycles. The summed E-state index contributed by atoms with van der Waals surface area (Å²) in [4.78, 5) is 18.4. The first-order valence-electron chi connectivity index (χ1n) is 10.6. The van der Waals surface area contributed by atoms with Crippen LogP contribution < -0.4 is 16.0 Å². The monoisotopic (exact) mass is 427 g/mol. The van der Waals surface area contributed by atoms with Gasteiger partial charge in [0.05, 0.1) is 11.1 Å². The molecule has 6 heteroatoms. The first-order chi connectivity index (χ1) is 14.5. The molecule has 0 spiro atoms. The lowest BCUT2D eigenvalue weighted by molar-refractivity contribution is 0.122. The van der Waals surface area contributed by atoms with Crippen molar-refractivity contribution < 1.29 is 4.74 Å². The molecule has 0 aliphatic heterocycles. The number of hydrogen-bond acceptors (Lipinski definition) is 4. The molecule has 1 aromatic carbocycles. The van der Waals surface area contributed by atoms with E-state index in [-0.39, 0.29) is 11.7 Å². The topological polar surface area (TPSA) is 81.0 Å². The Balaban J connectivity index is 0.000000310. The van der Waals surface area contributed by atoms with Gasteiger partial charge in [-0.3, -0.25) is 9.78 Å². The van der Waals surface area contributed by atoms with Gasteiger partial charge >= 0.3 is 0 Å². The van der Waals surface area contributed by atoms with Gasteiger partial charge in [-0.1, -0.05) is 24.6 Å². The third-order valence-corrected chi connectivity index (χ3v) is 6.02. The smallest absolute Gasteiger partial charge is 0.255 e. The van der Waals surface area contributed by atoms with E-state index in [4.69, 9.17) is 22.1 Å². The SMILES string of the molecule is CCC(N)C1CCC(Oc2cc3cc[nH]c(=O)c3cc2Cl)CC1.Cc1ccccn1. The Labute approximate surface area is 182 Å². The van der Waals surface area contributed by atoms with E-state index in [0.717, 1.165) is 43.2 Å². The lowest BCUT2D eigenvalue weighted by Crippen LogP contribution is -2.35. The van der Waals surface area contributed by atoms with Gasteiger partial charge in [0.1, 0.15) is 5.75 Å². The Hall–Kier alpha value is -2.37. The normalized spacial score (nSPS) is 19.6. The molecule has 30 heavy (non-hydrogen) atoms. The van der Waals surface area contributed by atoms with E-state index in [0.29, 0.717) is 28.1 Å². The summed E-state index contributed by atoms with van der Waals surface area (Å²) in [7, 11) is 0. The number of aromatic amines is 1. The Morgan fingerprint density at radius 1 is 1.23 bits per heavy atom. The maximum atomic E-state index is 11.8. The number of nitrogens with zero attached hydrogens (tertiary/aromatic N) is 1. The number of fused-ring (bicyclic) bond motifs is 1. The summed E-state index contributed by atoms with van der Waals surface area (Å²) in [5.74, 6) is 1.26. The molecule has 0 bridgehead atoms. The van der Waals surface area contributed by atoms with E-state index in [1.165, 1.54) is 0 Å². The van der Waals surface area contributed by atoms with Crippen molar-refractivity contribution >= 4 is 22.4 Å². The van der Waals surface area contributed by atoms with Gasteiger partial charge < -0.3 is 15.5 Å². The molecule has 2 heterocycles. The van der Waals surface area contributed by atoms with Gasteiger partial charge in [-0.15, -0.1) is 0 Å². The lowest BCUT2D eigenvalue weighted by atomic mass is 9.82. The Bertz CT molecular complexity index is 998. The second-order valence-electron chi connectivity index (χ2n) is 7.87. The number of nitrogens with one attached hydrogen (secondary N) is 1. The van der Waals surface area contributed by atoms with E-state index in [1.54, 1.807) is 18.5 Å². The van der Waals surface area contributed by atoms with E-state index in [1.807, 2.05) is 37.3 Å².